The molecule has 3 rings (SSSR count). The van der Waals surface area contributed by atoms with E-state index in [9.17, 15) is 4.79 Å². The molecule has 0 saturated carbocycles. The summed E-state index contributed by atoms with van der Waals surface area (Å²) in [6.07, 6.45) is 2.15. The molecule has 0 fully saturated rings. The fraction of sp³-hybridized carbons (Fsp3) is 0.357. The van der Waals surface area contributed by atoms with Gasteiger partial charge in [-0.05, 0) is 25.8 Å². The van der Waals surface area contributed by atoms with Gasteiger partial charge in [0.1, 0.15) is 0 Å². The van der Waals surface area contributed by atoms with Gasteiger partial charge in [0.25, 0.3) is 0 Å². The summed E-state index contributed by atoms with van der Waals surface area (Å²) in [4.78, 5) is 11.8. The van der Waals surface area contributed by atoms with E-state index in [1.54, 1.807) is 6.92 Å². The first kappa shape index (κ1) is 10.4. The van der Waals surface area contributed by atoms with Crippen LogP contribution in [0.4, 0.5) is 0 Å². The molecule has 88 valence electrons. The molecule has 1 aromatic heterocycles. The van der Waals surface area contributed by atoms with Crippen molar-refractivity contribution in [2.24, 2.45) is 0 Å². The molecule has 0 bridgehead atoms. The van der Waals surface area contributed by atoms with Crippen molar-refractivity contribution in [3.8, 4) is 5.88 Å². The second-order valence-electron chi connectivity index (χ2n) is 4.46. The van der Waals surface area contributed by atoms with Gasteiger partial charge in [0.05, 0.1) is 17.7 Å². The molecule has 0 unspecified atom stereocenters. The first-order valence-electron chi connectivity index (χ1n) is 6.04. The topological polar surface area (TPSA) is 31.2 Å². The molecular weight excluding hydrogens is 214 g/mol. The van der Waals surface area contributed by atoms with Gasteiger partial charge in [0, 0.05) is 11.9 Å². The second-order valence-corrected chi connectivity index (χ2v) is 4.46. The summed E-state index contributed by atoms with van der Waals surface area (Å²) in [7, 11) is 0. The van der Waals surface area contributed by atoms with Crippen molar-refractivity contribution < 1.29 is 9.53 Å². The monoisotopic (exact) mass is 229 g/mol. The van der Waals surface area contributed by atoms with Crippen LogP contribution in [-0.2, 0) is 6.54 Å². The van der Waals surface area contributed by atoms with Gasteiger partial charge in [-0.3, -0.25) is 4.79 Å². The quantitative estimate of drug-likeness (QED) is 0.704. The fourth-order valence-corrected chi connectivity index (χ4v) is 2.53. The molecule has 1 aliphatic rings. The lowest BCUT2D eigenvalue weighted by molar-refractivity contribution is 0.101. The number of Topliss-reactive ketones (excluding diaryl/α,β-unsaturated/α-hetero) is 1. The first-order valence-corrected chi connectivity index (χ1v) is 6.04. The minimum absolute atomic E-state index is 0.0804. The Morgan fingerprint density at radius 2 is 2.12 bits per heavy atom. The lowest BCUT2D eigenvalue weighted by Gasteiger charge is -2.06. The smallest absolute Gasteiger partial charge is 0.205 e. The summed E-state index contributed by atoms with van der Waals surface area (Å²) in [5, 5.41) is 1.01. The summed E-state index contributed by atoms with van der Waals surface area (Å²) in [5.41, 5.74) is 1.84. The lowest BCUT2D eigenvalue weighted by atomic mass is 10.1. The van der Waals surface area contributed by atoms with Crippen LogP contribution >= 0.6 is 0 Å². The Kier molecular flexibility index (Phi) is 2.39. The van der Waals surface area contributed by atoms with Crippen molar-refractivity contribution >= 4 is 16.7 Å². The number of hydrogen-bond acceptors (Lipinski definition) is 2. The zero-order chi connectivity index (χ0) is 11.8. The van der Waals surface area contributed by atoms with E-state index >= 15 is 0 Å². The highest BCUT2D eigenvalue weighted by Crippen LogP contribution is 2.34. The fourth-order valence-electron chi connectivity index (χ4n) is 2.53. The Labute approximate surface area is 100.0 Å². The Morgan fingerprint density at radius 3 is 2.94 bits per heavy atom. The standard InChI is InChI=1S/C14H15NO2/c1-10(16)13-11-6-2-3-7-12(11)15-8-4-5-9-17-14(13)15/h2-3,6-7H,4-5,8-9H2,1H3. The van der Waals surface area contributed by atoms with Crippen molar-refractivity contribution in [2.75, 3.05) is 6.61 Å². The average molecular weight is 229 g/mol. The molecule has 0 spiro atoms. The predicted molar refractivity (Wildman–Crippen MR) is 66.7 cm³/mol. The molecule has 0 atom stereocenters. The van der Waals surface area contributed by atoms with Gasteiger partial charge in [-0.25, -0.2) is 0 Å². The highest BCUT2D eigenvalue weighted by atomic mass is 16.5. The van der Waals surface area contributed by atoms with Crippen molar-refractivity contribution in [3.05, 3.63) is 29.8 Å². The lowest BCUT2D eigenvalue weighted by Crippen LogP contribution is -2.02. The van der Waals surface area contributed by atoms with E-state index < -0.39 is 0 Å². The molecule has 0 amide bonds. The number of fused-ring (bicyclic) bond motifs is 3. The van der Waals surface area contributed by atoms with E-state index in [4.69, 9.17) is 4.74 Å². The van der Waals surface area contributed by atoms with Crippen LogP contribution in [0, 0.1) is 0 Å². The third kappa shape index (κ3) is 1.54. The Morgan fingerprint density at radius 1 is 1.29 bits per heavy atom. The Bertz CT molecular complexity index is 583. The minimum atomic E-state index is 0.0804. The van der Waals surface area contributed by atoms with Gasteiger partial charge in [0.2, 0.25) is 5.88 Å². The number of benzene rings is 1. The van der Waals surface area contributed by atoms with Gasteiger partial charge in [-0.1, -0.05) is 18.2 Å². The van der Waals surface area contributed by atoms with Crippen molar-refractivity contribution in [1.29, 1.82) is 0 Å². The van der Waals surface area contributed by atoms with E-state index in [0.29, 0.717) is 6.61 Å². The molecular formula is C14H15NO2. The summed E-state index contributed by atoms with van der Waals surface area (Å²) in [6, 6.07) is 8.02. The third-order valence-corrected chi connectivity index (χ3v) is 3.29. The molecule has 2 aromatic rings. The van der Waals surface area contributed by atoms with E-state index in [1.165, 1.54) is 0 Å². The van der Waals surface area contributed by atoms with Crippen LogP contribution in [0.2, 0.25) is 0 Å². The largest absolute Gasteiger partial charge is 0.478 e. The van der Waals surface area contributed by atoms with Crippen LogP contribution in [0.1, 0.15) is 30.1 Å². The number of carbonyl (C=O) groups is 1. The molecule has 1 aromatic carbocycles. The number of aromatic nitrogens is 1. The summed E-state index contributed by atoms with van der Waals surface area (Å²) in [5.74, 6) is 0.841. The van der Waals surface area contributed by atoms with Gasteiger partial charge >= 0.3 is 0 Å². The van der Waals surface area contributed by atoms with Crippen LogP contribution in [0.5, 0.6) is 5.88 Å². The maximum Gasteiger partial charge on any atom is 0.205 e. The summed E-state index contributed by atoms with van der Waals surface area (Å²) >= 11 is 0. The normalized spacial score (nSPS) is 15.1. The Balaban J connectivity index is 2.36. The van der Waals surface area contributed by atoms with Crippen LogP contribution in [0.25, 0.3) is 10.9 Å². The number of para-hydroxylation sites is 1. The van der Waals surface area contributed by atoms with Crippen molar-refractivity contribution in [1.82, 2.24) is 4.57 Å². The number of nitrogens with zero attached hydrogens (tertiary/aromatic N) is 1. The molecule has 0 radical (unpaired) electrons. The van der Waals surface area contributed by atoms with Crippen molar-refractivity contribution in [3.63, 3.8) is 0 Å². The number of carbonyl (C=O) groups excluding carboxylic acids is 1. The SMILES string of the molecule is CC(=O)c1c2n(c3ccccc13)CCCCO2. The zero-order valence-corrected chi connectivity index (χ0v) is 9.90. The second kappa shape index (κ2) is 3.91. The molecule has 2 heterocycles. The maximum absolute atomic E-state index is 11.8. The van der Waals surface area contributed by atoms with Crippen molar-refractivity contribution in [2.45, 2.75) is 26.3 Å². The molecule has 0 saturated heterocycles. The minimum Gasteiger partial charge on any atom is -0.478 e. The van der Waals surface area contributed by atoms with Crippen LogP contribution in [-0.4, -0.2) is 17.0 Å². The van der Waals surface area contributed by atoms with Crippen LogP contribution in [0.15, 0.2) is 24.3 Å². The average Bonchev–Trinajstić information content (AvgIpc) is 2.48. The highest BCUT2D eigenvalue weighted by molar-refractivity contribution is 6.09. The van der Waals surface area contributed by atoms with E-state index in [-0.39, 0.29) is 5.78 Å². The highest BCUT2D eigenvalue weighted by Gasteiger charge is 2.22. The number of ether oxygens (including phenoxy) is 1. The van der Waals surface area contributed by atoms with E-state index in [0.717, 1.165) is 41.7 Å². The van der Waals surface area contributed by atoms with Gasteiger partial charge in [0.15, 0.2) is 5.78 Å². The number of aryl methyl sites for hydroxylation is 1. The van der Waals surface area contributed by atoms with E-state index in [2.05, 4.69) is 10.6 Å². The Hall–Kier alpha value is -1.77. The molecule has 3 heteroatoms. The van der Waals surface area contributed by atoms with Crippen LogP contribution < -0.4 is 4.74 Å². The number of rotatable bonds is 1. The van der Waals surface area contributed by atoms with E-state index in [1.807, 2.05) is 18.2 Å². The number of ketones is 1. The summed E-state index contributed by atoms with van der Waals surface area (Å²) in [6.45, 7) is 3.25. The zero-order valence-electron chi connectivity index (χ0n) is 9.90. The molecule has 0 aliphatic carbocycles. The molecule has 1 aliphatic heterocycles. The molecule has 3 nitrogen and oxygen atoms in total. The maximum atomic E-state index is 11.8. The van der Waals surface area contributed by atoms with Gasteiger partial charge in [-0.15, -0.1) is 0 Å². The van der Waals surface area contributed by atoms with Crippen LogP contribution in [0.3, 0.4) is 0 Å². The molecule has 0 N–H and O–H groups in total. The van der Waals surface area contributed by atoms with Gasteiger partial charge in [-0.2, -0.15) is 0 Å². The summed E-state index contributed by atoms with van der Waals surface area (Å²) < 4.78 is 7.91. The third-order valence-electron chi connectivity index (χ3n) is 3.29. The predicted octanol–water partition coefficient (Wildman–Crippen LogP) is 3.02. The molecule has 17 heavy (non-hydrogen) atoms. The number of hydrogen-bond donors (Lipinski definition) is 0. The first-order chi connectivity index (χ1) is 8.29. The van der Waals surface area contributed by atoms with Gasteiger partial charge < -0.3 is 9.30 Å².